The zero-order valence-corrected chi connectivity index (χ0v) is 17.2. The number of nitrogens with one attached hydrogen (secondary N) is 2. The highest BCUT2D eigenvalue weighted by molar-refractivity contribution is 7.80. The molecule has 1 heterocycles. The number of ether oxygens (including phenoxy) is 1. The van der Waals surface area contributed by atoms with Crippen LogP contribution in [0.15, 0.2) is 66.9 Å². The highest BCUT2D eigenvalue weighted by Gasteiger charge is 2.10. The first-order valence-corrected chi connectivity index (χ1v) is 9.57. The highest BCUT2D eigenvalue weighted by Crippen LogP contribution is 2.29. The zero-order chi connectivity index (χ0) is 21.5. The second-order valence-electron chi connectivity index (χ2n) is 6.15. The molecule has 3 aromatic rings. The fraction of sp³-hybridized carbons (Fsp3) is 0.0476. The van der Waals surface area contributed by atoms with Gasteiger partial charge in [0.2, 0.25) is 5.91 Å². The van der Waals surface area contributed by atoms with Crippen molar-refractivity contribution >= 4 is 46.4 Å². The van der Waals surface area contributed by atoms with Gasteiger partial charge < -0.3 is 21.1 Å². The lowest BCUT2D eigenvalue weighted by Gasteiger charge is -2.12. The molecule has 0 unspecified atom stereocenters. The fourth-order valence-electron chi connectivity index (χ4n) is 2.51. The van der Waals surface area contributed by atoms with Crippen molar-refractivity contribution < 1.29 is 14.3 Å². The Morgan fingerprint density at radius 1 is 1.07 bits per heavy atom. The third kappa shape index (κ3) is 6.00. The molecule has 2 amide bonds. The van der Waals surface area contributed by atoms with Crippen LogP contribution in [-0.4, -0.2) is 21.9 Å². The van der Waals surface area contributed by atoms with Crippen LogP contribution in [0.2, 0.25) is 5.02 Å². The summed E-state index contributed by atoms with van der Waals surface area (Å²) in [5.74, 6) is -0.0657. The van der Waals surface area contributed by atoms with Gasteiger partial charge in [-0.15, -0.1) is 0 Å². The number of aromatic nitrogens is 1. The number of hydrogen-bond acceptors (Lipinski definition) is 5. The Hall–Kier alpha value is -3.49. The van der Waals surface area contributed by atoms with Crippen molar-refractivity contribution in [1.82, 2.24) is 10.3 Å². The van der Waals surface area contributed by atoms with E-state index in [0.717, 1.165) is 5.56 Å². The quantitative estimate of drug-likeness (QED) is 0.505. The first-order valence-electron chi connectivity index (χ1n) is 8.79. The van der Waals surface area contributed by atoms with Crippen LogP contribution in [-0.2, 0) is 11.2 Å². The van der Waals surface area contributed by atoms with E-state index in [4.69, 9.17) is 34.3 Å². The Kier molecular flexibility index (Phi) is 6.95. The molecule has 0 aliphatic carbocycles. The number of primary amides is 1. The van der Waals surface area contributed by atoms with Crippen LogP contribution in [0.3, 0.4) is 0 Å². The molecule has 0 atom stereocenters. The molecule has 4 N–H and O–H groups in total. The maximum atomic E-state index is 12.1. The summed E-state index contributed by atoms with van der Waals surface area (Å²) in [5, 5.41) is 5.96. The molecule has 30 heavy (non-hydrogen) atoms. The Morgan fingerprint density at radius 3 is 2.50 bits per heavy atom. The lowest BCUT2D eigenvalue weighted by Crippen LogP contribution is -2.35. The van der Waals surface area contributed by atoms with Crippen LogP contribution >= 0.6 is 23.8 Å². The topological polar surface area (TPSA) is 106 Å². The van der Waals surface area contributed by atoms with Gasteiger partial charge in [-0.2, -0.15) is 0 Å². The van der Waals surface area contributed by atoms with E-state index in [1.165, 1.54) is 12.3 Å². The number of anilines is 1. The predicted molar refractivity (Wildman–Crippen MR) is 119 cm³/mol. The minimum absolute atomic E-state index is 0.0912. The van der Waals surface area contributed by atoms with Gasteiger partial charge in [-0.05, 0) is 36.0 Å². The van der Waals surface area contributed by atoms with Crippen LogP contribution in [0, 0.1) is 0 Å². The van der Waals surface area contributed by atoms with E-state index >= 15 is 0 Å². The molecule has 2 aromatic carbocycles. The minimum Gasteiger partial charge on any atom is -0.457 e. The first kappa shape index (κ1) is 21.2. The maximum Gasteiger partial charge on any atom is 0.267 e. The van der Waals surface area contributed by atoms with Gasteiger partial charge in [-0.3, -0.25) is 14.6 Å². The number of carbonyl (C=O) groups is 2. The molecule has 0 bridgehead atoms. The molecule has 7 nitrogen and oxygen atoms in total. The van der Waals surface area contributed by atoms with Gasteiger partial charge in [0.25, 0.3) is 5.91 Å². The second kappa shape index (κ2) is 9.82. The predicted octanol–water partition coefficient (Wildman–Crippen LogP) is 3.68. The fourth-order valence-corrected chi connectivity index (χ4v) is 2.95. The summed E-state index contributed by atoms with van der Waals surface area (Å²) in [4.78, 5) is 27.2. The number of nitrogens with zero attached hydrogens (tertiary/aromatic N) is 1. The molecule has 0 aliphatic rings. The van der Waals surface area contributed by atoms with Crippen molar-refractivity contribution in [3.05, 3.63) is 83.1 Å². The average molecular weight is 441 g/mol. The highest BCUT2D eigenvalue weighted by atomic mass is 35.5. The van der Waals surface area contributed by atoms with Crippen LogP contribution in [0.1, 0.15) is 16.1 Å². The number of rotatable bonds is 6. The SMILES string of the molecule is NC(=O)c1cc(Oc2ccc(NC(=S)NC(=O)Cc3ccccc3)c(Cl)c2)ccn1. The van der Waals surface area contributed by atoms with Gasteiger partial charge in [-0.25, -0.2) is 0 Å². The number of carbonyl (C=O) groups excluding carboxylic acids is 2. The summed E-state index contributed by atoms with van der Waals surface area (Å²) in [6, 6.07) is 17.2. The van der Waals surface area contributed by atoms with E-state index in [1.54, 1.807) is 24.3 Å². The number of pyridine rings is 1. The van der Waals surface area contributed by atoms with Crippen LogP contribution in [0.4, 0.5) is 5.69 Å². The van der Waals surface area contributed by atoms with Crippen LogP contribution in [0.5, 0.6) is 11.5 Å². The molecule has 0 aliphatic heterocycles. The molecule has 152 valence electrons. The molecular weight excluding hydrogens is 424 g/mol. The second-order valence-corrected chi connectivity index (χ2v) is 6.96. The smallest absolute Gasteiger partial charge is 0.267 e. The Balaban J connectivity index is 1.59. The molecule has 0 radical (unpaired) electrons. The van der Waals surface area contributed by atoms with Crippen molar-refractivity contribution in [3.8, 4) is 11.5 Å². The van der Waals surface area contributed by atoms with E-state index in [0.29, 0.717) is 22.2 Å². The zero-order valence-electron chi connectivity index (χ0n) is 15.6. The molecule has 0 spiro atoms. The summed E-state index contributed by atoms with van der Waals surface area (Å²) in [7, 11) is 0. The monoisotopic (exact) mass is 440 g/mol. The largest absolute Gasteiger partial charge is 0.457 e. The molecule has 0 saturated heterocycles. The molecule has 1 aromatic heterocycles. The lowest BCUT2D eigenvalue weighted by atomic mass is 10.1. The number of benzene rings is 2. The van der Waals surface area contributed by atoms with E-state index in [-0.39, 0.29) is 23.1 Å². The normalized spacial score (nSPS) is 10.2. The van der Waals surface area contributed by atoms with Crippen molar-refractivity contribution in [1.29, 1.82) is 0 Å². The van der Waals surface area contributed by atoms with Gasteiger partial charge in [0.05, 0.1) is 17.1 Å². The third-order valence-electron chi connectivity index (χ3n) is 3.87. The molecular formula is C21H17ClN4O3S. The standard InChI is InChI=1S/C21H17ClN4O3S/c22-16-11-14(29-15-8-9-24-18(12-15)20(23)28)6-7-17(16)25-21(30)26-19(27)10-13-4-2-1-3-5-13/h1-9,11-12H,10H2,(H2,23,28)(H2,25,26,27,30). The maximum absolute atomic E-state index is 12.1. The van der Waals surface area contributed by atoms with Crippen molar-refractivity contribution in [3.63, 3.8) is 0 Å². The number of amides is 2. The van der Waals surface area contributed by atoms with E-state index < -0.39 is 5.91 Å². The Morgan fingerprint density at radius 2 is 1.80 bits per heavy atom. The Bertz CT molecular complexity index is 1090. The number of nitrogens with two attached hydrogens (primary N) is 1. The van der Waals surface area contributed by atoms with Gasteiger partial charge in [0.15, 0.2) is 5.11 Å². The van der Waals surface area contributed by atoms with Gasteiger partial charge in [0, 0.05) is 18.3 Å². The van der Waals surface area contributed by atoms with Gasteiger partial charge >= 0.3 is 0 Å². The third-order valence-corrected chi connectivity index (χ3v) is 4.39. The van der Waals surface area contributed by atoms with E-state index in [2.05, 4.69) is 15.6 Å². The number of thiocarbonyl (C=S) groups is 1. The van der Waals surface area contributed by atoms with Crippen LogP contribution < -0.4 is 21.1 Å². The molecule has 9 heteroatoms. The summed E-state index contributed by atoms with van der Waals surface area (Å²) in [6.45, 7) is 0. The van der Waals surface area contributed by atoms with Crippen molar-refractivity contribution in [2.45, 2.75) is 6.42 Å². The molecule has 0 fully saturated rings. The van der Waals surface area contributed by atoms with Crippen molar-refractivity contribution in [2.75, 3.05) is 5.32 Å². The van der Waals surface area contributed by atoms with Gasteiger partial charge in [0.1, 0.15) is 17.2 Å². The molecule has 0 saturated carbocycles. The average Bonchev–Trinajstić information content (AvgIpc) is 2.71. The molecule has 3 rings (SSSR count). The Labute approximate surface area is 183 Å². The summed E-state index contributed by atoms with van der Waals surface area (Å²) >= 11 is 11.5. The lowest BCUT2D eigenvalue weighted by molar-refractivity contribution is -0.119. The van der Waals surface area contributed by atoms with E-state index in [1.807, 2.05) is 30.3 Å². The van der Waals surface area contributed by atoms with Gasteiger partial charge in [-0.1, -0.05) is 41.9 Å². The van der Waals surface area contributed by atoms with E-state index in [9.17, 15) is 9.59 Å². The minimum atomic E-state index is -0.652. The number of hydrogen-bond donors (Lipinski definition) is 3. The summed E-state index contributed by atoms with van der Waals surface area (Å²) in [5.41, 5.74) is 6.69. The summed E-state index contributed by atoms with van der Waals surface area (Å²) < 4.78 is 5.68. The summed E-state index contributed by atoms with van der Waals surface area (Å²) in [6.07, 6.45) is 1.63. The first-order chi connectivity index (χ1) is 14.4. The van der Waals surface area contributed by atoms with Crippen molar-refractivity contribution in [2.24, 2.45) is 5.73 Å². The number of halogens is 1. The van der Waals surface area contributed by atoms with Crippen LogP contribution in [0.25, 0.3) is 0 Å².